The number of hydrogen-bond acceptors (Lipinski definition) is 5. The van der Waals surface area contributed by atoms with Crippen molar-refractivity contribution in [3.8, 4) is 6.07 Å². The quantitative estimate of drug-likeness (QED) is 0.264. The summed E-state index contributed by atoms with van der Waals surface area (Å²) >= 11 is 13.7. The summed E-state index contributed by atoms with van der Waals surface area (Å²) < 4.78 is 13.6. The number of carbonyl (C=O) groups is 2. The minimum atomic E-state index is -0.482. The van der Waals surface area contributed by atoms with Gasteiger partial charge in [-0.05, 0) is 54.1 Å². The molecule has 1 fully saturated rings. The molecule has 0 radical (unpaired) electrons. The molecule has 0 aromatic heterocycles. The first-order valence-corrected chi connectivity index (χ1v) is 13.7. The van der Waals surface area contributed by atoms with E-state index in [-0.39, 0.29) is 43.2 Å². The molecule has 0 spiro atoms. The zero-order valence-electron chi connectivity index (χ0n) is 20.5. The molecule has 5 rings (SSSR count). The highest BCUT2D eigenvalue weighted by Crippen LogP contribution is 2.45. The second-order valence-corrected chi connectivity index (χ2v) is 10.6. The van der Waals surface area contributed by atoms with Gasteiger partial charge in [-0.2, -0.15) is 5.26 Å². The summed E-state index contributed by atoms with van der Waals surface area (Å²) in [6.45, 7) is 1.04. The lowest BCUT2D eigenvalue weighted by Gasteiger charge is -2.35. The van der Waals surface area contributed by atoms with Crippen molar-refractivity contribution < 1.29 is 14.0 Å². The molecule has 2 amide bonds. The fraction of sp³-hybridized carbons (Fsp3) is 0.138. The summed E-state index contributed by atoms with van der Waals surface area (Å²) in [6, 6.07) is 22.2. The van der Waals surface area contributed by atoms with Gasteiger partial charge in [0.1, 0.15) is 22.5 Å². The van der Waals surface area contributed by atoms with Gasteiger partial charge in [0.05, 0.1) is 5.70 Å². The van der Waals surface area contributed by atoms with Gasteiger partial charge in [0, 0.05) is 52.9 Å². The monoisotopic (exact) mass is 578 g/mol. The van der Waals surface area contributed by atoms with Crippen molar-refractivity contribution in [1.29, 1.82) is 5.26 Å². The zero-order valence-corrected chi connectivity index (χ0v) is 22.8. The third-order valence-corrected chi connectivity index (χ3v) is 7.84. The number of anilines is 1. The molecule has 2 aliphatic heterocycles. The van der Waals surface area contributed by atoms with E-state index in [1.165, 1.54) is 30.0 Å². The lowest BCUT2D eigenvalue weighted by atomic mass is 10.1. The highest BCUT2D eigenvalue weighted by Gasteiger charge is 2.33. The van der Waals surface area contributed by atoms with Gasteiger partial charge in [-0.3, -0.25) is 9.59 Å². The molecule has 0 aliphatic carbocycles. The molecule has 39 heavy (non-hydrogen) atoms. The van der Waals surface area contributed by atoms with E-state index in [2.05, 4.69) is 6.07 Å². The highest BCUT2D eigenvalue weighted by molar-refractivity contribution is 8.06. The number of halogens is 3. The van der Waals surface area contributed by atoms with Gasteiger partial charge in [-0.1, -0.05) is 59.2 Å². The zero-order chi connectivity index (χ0) is 27.5. The predicted molar refractivity (Wildman–Crippen MR) is 152 cm³/mol. The maximum atomic E-state index is 13.6. The van der Waals surface area contributed by atoms with Crippen LogP contribution in [0.2, 0.25) is 10.0 Å². The van der Waals surface area contributed by atoms with E-state index in [0.29, 0.717) is 20.8 Å². The normalized spacial score (nSPS) is 16.6. The number of piperazine rings is 1. The van der Waals surface area contributed by atoms with Gasteiger partial charge in [0.15, 0.2) is 0 Å². The first-order valence-electron chi connectivity index (χ1n) is 12.0. The lowest BCUT2D eigenvalue weighted by Crippen LogP contribution is -2.51. The average Bonchev–Trinajstić information content (AvgIpc) is 3.38. The minimum absolute atomic E-state index is 0.00917. The lowest BCUT2D eigenvalue weighted by molar-refractivity contribution is -0.128. The number of hydrogen-bond donors (Lipinski definition) is 0. The van der Waals surface area contributed by atoms with Crippen molar-refractivity contribution in [2.75, 3.05) is 31.1 Å². The van der Waals surface area contributed by atoms with Crippen molar-refractivity contribution in [2.45, 2.75) is 0 Å². The number of rotatable bonds is 4. The van der Waals surface area contributed by atoms with Gasteiger partial charge in [-0.25, -0.2) is 4.39 Å². The fourth-order valence-corrected chi connectivity index (χ4v) is 5.78. The van der Waals surface area contributed by atoms with Crippen LogP contribution in [0.15, 0.2) is 88.8 Å². The van der Waals surface area contributed by atoms with Crippen LogP contribution in [-0.2, 0) is 4.79 Å². The molecular formula is C29H21Cl2FN4O2S. The summed E-state index contributed by atoms with van der Waals surface area (Å²) in [5, 5.41) is 13.6. The second-order valence-electron chi connectivity index (χ2n) is 8.83. The Balaban J connectivity index is 1.41. The van der Waals surface area contributed by atoms with Gasteiger partial charge in [-0.15, -0.1) is 0 Å². The predicted octanol–water partition coefficient (Wildman–Crippen LogP) is 6.40. The molecule has 3 aromatic carbocycles. The van der Waals surface area contributed by atoms with Crippen molar-refractivity contribution in [3.05, 3.63) is 116 Å². The molecule has 10 heteroatoms. The van der Waals surface area contributed by atoms with Crippen LogP contribution in [0.5, 0.6) is 0 Å². The fourth-order valence-electron chi connectivity index (χ4n) is 4.45. The Morgan fingerprint density at radius 2 is 1.56 bits per heavy atom. The Morgan fingerprint density at radius 3 is 2.23 bits per heavy atom. The third-order valence-electron chi connectivity index (χ3n) is 6.40. The van der Waals surface area contributed by atoms with E-state index in [1.54, 1.807) is 46.2 Å². The van der Waals surface area contributed by atoms with Crippen molar-refractivity contribution >= 4 is 58.2 Å². The van der Waals surface area contributed by atoms with Gasteiger partial charge >= 0.3 is 0 Å². The van der Waals surface area contributed by atoms with E-state index in [0.717, 1.165) is 11.3 Å². The Labute approximate surface area is 239 Å². The smallest absolute Gasteiger partial charge is 0.267 e. The summed E-state index contributed by atoms with van der Waals surface area (Å²) in [6.07, 6.45) is 0. The van der Waals surface area contributed by atoms with Crippen LogP contribution in [0.1, 0.15) is 15.9 Å². The van der Waals surface area contributed by atoms with Crippen molar-refractivity contribution in [3.63, 3.8) is 0 Å². The van der Waals surface area contributed by atoms with Crippen LogP contribution >= 0.6 is 35.0 Å². The number of thioether (sulfide) groups is 1. The number of carbonyl (C=O) groups excluding carboxylic acids is 2. The van der Waals surface area contributed by atoms with Crippen LogP contribution in [0, 0.1) is 17.1 Å². The Morgan fingerprint density at radius 1 is 0.872 bits per heavy atom. The van der Waals surface area contributed by atoms with Crippen LogP contribution in [0.25, 0.3) is 5.70 Å². The Bertz CT molecular complexity index is 1540. The summed E-state index contributed by atoms with van der Waals surface area (Å²) in [7, 11) is 0. The standard InChI is InChI=1S/C29H21Cl2FN4O2S/c30-21-9-7-19(8-10-21)26-18-39-29(36(26)24-6-2-4-22(31)16-24)25(17-33)28(38)35-13-11-34(12-14-35)27(37)20-3-1-5-23(32)15-20/h1-10,15-16,18H,11-14H2/b29-25-. The van der Waals surface area contributed by atoms with E-state index in [1.807, 2.05) is 28.5 Å². The topological polar surface area (TPSA) is 67.6 Å². The van der Waals surface area contributed by atoms with Gasteiger partial charge in [0.25, 0.3) is 11.8 Å². The van der Waals surface area contributed by atoms with Crippen LogP contribution in [0.4, 0.5) is 10.1 Å². The number of nitriles is 1. The molecular weight excluding hydrogens is 558 g/mol. The number of benzene rings is 3. The molecule has 3 aromatic rings. The molecule has 196 valence electrons. The average molecular weight is 579 g/mol. The van der Waals surface area contributed by atoms with E-state index in [4.69, 9.17) is 23.2 Å². The SMILES string of the molecule is N#C/C(C(=O)N1CCN(C(=O)c2cccc(F)c2)CC1)=C1/SC=C(c2ccc(Cl)cc2)N1c1cccc(Cl)c1. The molecule has 6 nitrogen and oxygen atoms in total. The molecule has 0 saturated carbocycles. The van der Waals surface area contributed by atoms with Gasteiger partial charge in [0.2, 0.25) is 0 Å². The highest BCUT2D eigenvalue weighted by atomic mass is 35.5. The molecule has 0 atom stereocenters. The van der Waals surface area contributed by atoms with Crippen molar-refractivity contribution in [1.82, 2.24) is 9.80 Å². The van der Waals surface area contributed by atoms with Crippen LogP contribution in [-0.4, -0.2) is 47.8 Å². The van der Waals surface area contributed by atoms with Crippen LogP contribution in [0.3, 0.4) is 0 Å². The summed E-state index contributed by atoms with van der Waals surface area (Å²) in [4.78, 5) is 31.4. The van der Waals surface area contributed by atoms with Crippen LogP contribution < -0.4 is 4.90 Å². The maximum Gasteiger partial charge on any atom is 0.267 e. The second kappa shape index (κ2) is 11.5. The minimum Gasteiger partial charge on any atom is -0.335 e. The Hall–Kier alpha value is -3.77. The summed E-state index contributed by atoms with van der Waals surface area (Å²) in [5.41, 5.74) is 2.59. The molecule has 1 saturated heterocycles. The maximum absolute atomic E-state index is 13.6. The molecule has 0 bridgehead atoms. The van der Waals surface area contributed by atoms with Gasteiger partial charge < -0.3 is 14.7 Å². The third kappa shape index (κ3) is 5.66. The number of amides is 2. The first-order chi connectivity index (χ1) is 18.9. The summed E-state index contributed by atoms with van der Waals surface area (Å²) in [5.74, 6) is -1.20. The number of nitrogens with zero attached hydrogens (tertiary/aromatic N) is 4. The van der Waals surface area contributed by atoms with E-state index >= 15 is 0 Å². The largest absolute Gasteiger partial charge is 0.335 e. The van der Waals surface area contributed by atoms with E-state index in [9.17, 15) is 19.2 Å². The first kappa shape index (κ1) is 26.8. The Kier molecular flexibility index (Phi) is 7.94. The van der Waals surface area contributed by atoms with E-state index < -0.39 is 11.7 Å². The molecule has 0 unspecified atom stereocenters. The molecule has 2 heterocycles. The molecule has 0 N–H and O–H groups in total. The molecule has 2 aliphatic rings. The van der Waals surface area contributed by atoms with Crippen molar-refractivity contribution in [2.24, 2.45) is 0 Å².